The molecule has 0 aromatic heterocycles. The molecule has 3 nitrogen and oxygen atoms in total. The highest BCUT2D eigenvalue weighted by atomic mass is 16.5. The molecule has 0 spiro atoms. The number of ether oxygens (including phenoxy) is 2. The predicted molar refractivity (Wildman–Crippen MR) is 106 cm³/mol. The molecule has 3 heteroatoms. The Morgan fingerprint density at radius 1 is 0.920 bits per heavy atom. The fourth-order valence-corrected chi connectivity index (χ4v) is 2.68. The van der Waals surface area contributed by atoms with E-state index in [2.05, 4.69) is 56.0 Å². The van der Waals surface area contributed by atoms with E-state index in [-0.39, 0.29) is 0 Å². The van der Waals surface area contributed by atoms with Crippen molar-refractivity contribution in [2.45, 2.75) is 20.8 Å². The first kappa shape index (κ1) is 19.1. The fourth-order valence-electron chi connectivity index (χ4n) is 2.68. The second-order valence-electron chi connectivity index (χ2n) is 6.00. The van der Waals surface area contributed by atoms with Gasteiger partial charge in [-0.15, -0.1) is 0 Å². The van der Waals surface area contributed by atoms with Crippen LogP contribution in [0.5, 0.6) is 11.5 Å². The van der Waals surface area contributed by atoms with Gasteiger partial charge < -0.3 is 14.4 Å². The van der Waals surface area contributed by atoms with Gasteiger partial charge in [0, 0.05) is 6.54 Å². The number of hydrogen-bond donors (Lipinski definition) is 0. The topological polar surface area (TPSA) is 21.7 Å². The van der Waals surface area contributed by atoms with E-state index in [1.165, 1.54) is 16.7 Å². The van der Waals surface area contributed by atoms with Crippen LogP contribution in [0.1, 0.15) is 31.9 Å². The number of nitrogens with zero attached hydrogens (tertiary/aromatic N) is 1. The van der Waals surface area contributed by atoms with Gasteiger partial charge in [-0.2, -0.15) is 0 Å². The zero-order chi connectivity index (χ0) is 18.1. The lowest BCUT2D eigenvalue weighted by atomic mass is 10.0. The molecule has 0 N–H and O–H groups in total. The molecule has 0 radical (unpaired) electrons. The molecule has 0 bridgehead atoms. The Morgan fingerprint density at radius 2 is 1.52 bits per heavy atom. The predicted octanol–water partition coefficient (Wildman–Crippen LogP) is 4.98. The van der Waals surface area contributed by atoms with Crippen LogP contribution in [0, 0.1) is 0 Å². The zero-order valence-electron chi connectivity index (χ0n) is 15.8. The van der Waals surface area contributed by atoms with Crippen molar-refractivity contribution in [2.24, 2.45) is 0 Å². The highest BCUT2D eigenvalue weighted by Crippen LogP contribution is 2.21. The first-order valence-corrected chi connectivity index (χ1v) is 8.94. The molecular formula is C22H29NO2. The van der Waals surface area contributed by atoms with Gasteiger partial charge in [0.25, 0.3) is 0 Å². The third-order valence-electron chi connectivity index (χ3n) is 4.38. The van der Waals surface area contributed by atoms with Gasteiger partial charge in [0.2, 0.25) is 0 Å². The lowest BCUT2D eigenvalue weighted by molar-refractivity contribution is 0.223. The molecule has 0 amide bonds. The fraction of sp³-hybridized carbons (Fsp3) is 0.364. The second kappa shape index (κ2) is 9.90. The van der Waals surface area contributed by atoms with Gasteiger partial charge in [0.1, 0.15) is 18.1 Å². The summed E-state index contributed by atoms with van der Waals surface area (Å²) in [4.78, 5) is 2.36. The van der Waals surface area contributed by atoms with Crippen LogP contribution in [-0.4, -0.2) is 38.3 Å². The summed E-state index contributed by atoms with van der Waals surface area (Å²) < 4.78 is 11.0. The first-order valence-electron chi connectivity index (χ1n) is 8.94. The molecule has 0 aliphatic carbocycles. The van der Waals surface area contributed by atoms with E-state index in [0.717, 1.165) is 37.7 Å². The molecular weight excluding hydrogens is 310 g/mol. The quantitative estimate of drug-likeness (QED) is 0.602. The largest absolute Gasteiger partial charge is 0.497 e. The standard InChI is InChI=1S/C22H29NO2/c1-5-23(6-2)15-16-25-22-11-7-19(8-12-22)17-18(3)20-9-13-21(24-4)14-10-20/h7-14,17H,5-6,15-16H2,1-4H3/b18-17+. The molecule has 0 heterocycles. The number of allylic oxidation sites excluding steroid dienone is 1. The minimum absolute atomic E-state index is 0.724. The summed E-state index contributed by atoms with van der Waals surface area (Å²) in [5, 5.41) is 0. The summed E-state index contributed by atoms with van der Waals surface area (Å²) in [7, 11) is 1.68. The number of benzene rings is 2. The number of methoxy groups -OCH3 is 1. The van der Waals surface area contributed by atoms with Crippen LogP contribution in [0.2, 0.25) is 0 Å². The summed E-state index contributed by atoms with van der Waals surface area (Å²) in [6, 6.07) is 16.4. The summed E-state index contributed by atoms with van der Waals surface area (Å²) in [5.41, 5.74) is 3.59. The van der Waals surface area contributed by atoms with Crippen LogP contribution < -0.4 is 9.47 Å². The maximum absolute atomic E-state index is 5.83. The SMILES string of the molecule is CCN(CC)CCOc1ccc(/C=C(\C)c2ccc(OC)cc2)cc1. The van der Waals surface area contributed by atoms with Crippen molar-refractivity contribution in [2.75, 3.05) is 33.4 Å². The molecule has 2 rings (SSSR count). The summed E-state index contributed by atoms with van der Waals surface area (Å²) in [5.74, 6) is 1.80. The van der Waals surface area contributed by atoms with Crippen molar-refractivity contribution < 1.29 is 9.47 Å². The third kappa shape index (κ3) is 5.95. The molecule has 0 saturated heterocycles. The van der Waals surface area contributed by atoms with Gasteiger partial charge >= 0.3 is 0 Å². The van der Waals surface area contributed by atoms with E-state index in [0.29, 0.717) is 0 Å². The molecule has 0 aliphatic heterocycles. The van der Waals surface area contributed by atoms with Crippen LogP contribution in [0.4, 0.5) is 0 Å². The maximum atomic E-state index is 5.83. The van der Waals surface area contributed by atoms with E-state index < -0.39 is 0 Å². The van der Waals surface area contributed by atoms with Gasteiger partial charge in [0.15, 0.2) is 0 Å². The van der Waals surface area contributed by atoms with E-state index >= 15 is 0 Å². The number of likely N-dealkylation sites (N-methyl/N-ethyl adjacent to an activating group) is 1. The molecule has 2 aromatic carbocycles. The van der Waals surface area contributed by atoms with E-state index in [4.69, 9.17) is 9.47 Å². The lowest BCUT2D eigenvalue weighted by Gasteiger charge is -2.18. The highest BCUT2D eigenvalue weighted by Gasteiger charge is 2.01. The minimum Gasteiger partial charge on any atom is -0.497 e. The van der Waals surface area contributed by atoms with Crippen molar-refractivity contribution in [3.8, 4) is 11.5 Å². The monoisotopic (exact) mass is 339 g/mol. The second-order valence-corrected chi connectivity index (χ2v) is 6.00. The Balaban J connectivity index is 1.94. The summed E-state index contributed by atoms with van der Waals surface area (Å²) in [6.45, 7) is 10.3. The van der Waals surface area contributed by atoms with E-state index in [9.17, 15) is 0 Å². The van der Waals surface area contributed by atoms with Gasteiger partial charge in [0.05, 0.1) is 7.11 Å². The van der Waals surface area contributed by atoms with Crippen molar-refractivity contribution in [3.63, 3.8) is 0 Å². The molecule has 0 saturated carbocycles. The number of rotatable bonds is 9. The molecule has 0 aliphatic rings. The van der Waals surface area contributed by atoms with Crippen LogP contribution in [0.15, 0.2) is 48.5 Å². The molecule has 25 heavy (non-hydrogen) atoms. The van der Waals surface area contributed by atoms with Crippen LogP contribution in [0.3, 0.4) is 0 Å². The first-order chi connectivity index (χ1) is 12.2. The lowest BCUT2D eigenvalue weighted by Crippen LogP contribution is -2.27. The molecule has 0 unspecified atom stereocenters. The van der Waals surface area contributed by atoms with Gasteiger partial charge in [-0.1, -0.05) is 44.2 Å². The van der Waals surface area contributed by atoms with E-state index in [1.54, 1.807) is 7.11 Å². The Kier molecular flexibility index (Phi) is 7.55. The van der Waals surface area contributed by atoms with E-state index in [1.807, 2.05) is 24.3 Å². The van der Waals surface area contributed by atoms with Crippen molar-refractivity contribution >= 4 is 11.6 Å². The summed E-state index contributed by atoms with van der Waals surface area (Å²) >= 11 is 0. The van der Waals surface area contributed by atoms with Crippen LogP contribution >= 0.6 is 0 Å². The normalized spacial score (nSPS) is 11.6. The van der Waals surface area contributed by atoms with Crippen molar-refractivity contribution in [3.05, 3.63) is 59.7 Å². The molecule has 0 atom stereocenters. The van der Waals surface area contributed by atoms with Crippen molar-refractivity contribution in [1.82, 2.24) is 4.90 Å². The minimum atomic E-state index is 0.724. The van der Waals surface area contributed by atoms with Gasteiger partial charge in [-0.3, -0.25) is 0 Å². The molecule has 134 valence electrons. The third-order valence-corrected chi connectivity index (χ3v) is 4.38. The Hall–Kier alpha value is -2.26. The highest BCUT2D eigenvalue weighted by molar-refractivity contribution is 5.80. The Labute approximate surface area is 151 Å². The smallest absolute Gasteiger partial charge is 0.119 e. The summed E-state index contributed by atoms with van der Waals surface area (Å²) in [6.07, 6.45) is 2.18. The zero-order valence-corrected chi connectivity index (χ0v) is 15.8. The molecule has 0 fully saturated rings. The average molecular weight is 339 g/mol. The van der Waals surface area contributed by atoms with Crippen LogP contribution in [-0.2, 0) is 0 Å². The van der Waals surface area contributed by atoms with Crippen LogP contribution in [0.25, 0.3) is 11.6 Å². The van der Waals surface area contributed by atoms with Gasteiger partial charge in [-0.05, 0) is 61.0 Å². The Morgan fingerprint density at radius 3 is 2.08 bits per heavy atom. The average Bonchev–Trinajstić information content (AvgIpc) is 2.66. The Bertz CT molecular complexity index is 655. The number of hydrogen-bond acceptors (Lipinski definition) is 3. The molecule has 2 aromatic rings. The maximum Gasteiger partial charge on any atom is 0.119 e. The van der Waals surface area contributed by atoms with Gasteiger partial charge in [-0.25, -0.2) is 0 Å². The van der Waals surface area contributed by atoms with Crippen molar-refractivity contribution in [1.29, 1.82) is 0 Å².